The molecule has 3 unspecified atom stereocenters. The topological polar surface area (TPSA) is 46.5 Å². The van der Waals surface area contributed by atoms with Crippen LogP contribution in [0.5, 0.6) is 5.75 Å². The molecule has 0 aromatic heterocycles. The Morgan fingerprint density at radius 3 is 2.32 bits per heavy atom. The van der Waals surface area contributed by atoms with Crippen LogP contribution in [-0.2, 0) is 11.2 Å². The molecule has 1 rings (SSSR count). The summed E-state index contributed by atoms with van der Waals surface area (Å²) >= 11 is 0. The molecular formula is C16H21F3O3. The fourth-order valence-electron chi connectivity index (χ4n) is 2.57. The number of methoxy groups -OCH3 is 1. The Labute approximate surface area is 128 Å². The standard InChI is InChI=1S/C16H21F3O3/c1-5-12-7-6-8-13(14(12)22-4)10(2)11(3)15(21,9-20)16(17,18)19/h6-11,21H,5H2,1-4H3. The van der Waals surface area contributed by atoms with E-state index in [1.165, 1.54) is 14.0 Å². The van der Waals surface area contributed by atoms with Gasteiger partial charge in [-0.15, -0.1) is 0 Å². The molecule has 1 aromatic rings. The van der Waals surface area contributed by atoms with Gasteiger partial charge in [-0.3, -0.25) is 4.79 Å². The van der Waals surface area contributed by atoms with Gasteiger partial charge in [-0.05, 0) is 23.5 Å². The minimum absolute atomic E-state index is 0.426. The Hall–Kier alpha value is -1.56. The van der Waals surface area contributed by atoms with Crippen molar-refractivity contribution < 1.29 is 27.8 Å². The minimum Gasteiger partial charge on any atom is -0.496 e. The third-order valence-electron chi connectivity index (χ3n) is 4.28. The van der Waals surface area contributed by atoms with Gasteiger partial charge in [-0.2, -0.15) is 13.2 Å². The van der Waals surface area contributed by atoms with Crippen molar-refractivity contribution in [2.24, 2.45) is 5.92 Å². The van der Waals surface area contributed by atoms with Gasteiger partial charge in [0.2, 0.25) is 5.60 Å². The third-order valence-corrected chi connectivity index (χ3v) is 4.28. The summed E-state index contributed by atoms with van der Waals surface area (Å²) in [5, 5.41) is 9.81. The first-order valence-corrected chi connectivity index (χ1v) is 7.05. The van der Waals surface area contributed by atoms with Crippen LogP contribution in [0.4, 0.5) is 13.2 Å². The van der Waals surface area contributed by atoms with Gasteiger partial charge in [-0.1, -0.05) is 39.0 Å². The molecule has 0 heterocycles. The van der Waals surface area contributed by atoms with E-state index in [4.69, 9.17) is 4.74 Å². The number of aldehydes is 1. The van der Waals surface area contributed by atoms with Crippen molar-refractivity contribution >= 4 is 6.29 Å². The van der Waals surface area contributed by atoms with Crippen LogP contribution in [0.1, 0.15) is 37.8 Å². The van der Waals surface area contributed by atoms with E-state index in [1.54, 1.807) is 19.1 Å². The summed E-state index contributed by atoms with van der Waals surface area (Å²) in [5.74, 6) is -1.58. The highest BCUT2D eigenvalue weighted by molar-refractivity contribution is 5.65. The number of benzene rings is 1. The van der Waals surface area contributed by atoms with Crippen LogP contribution in [0.25, 0.3) is 0 Å². The second-order valence-corrected chi connectivity index (χ2v) is 5.41. The van der Waals surface area contributed by atoms with Crippen molar-refractivity contribution in [3.8, 4) is 5.75 Å². The number of carbonyl (C=O) groups is 1. The number of carbonyl (C=O) groups excluding carboxylic acids is 1. The number of hydrogen-bond acceptors (Lipinski definition) is 3. The van der Waals surface area contributed by atoms with Crippen molar-refractivity contribution in [3.63, 3.8) is 0 Å². The number of halogens is 3. The Bertz CT molecular complexity index is 528. The van der Waals surface area contributed by atoms with Gasteiger partial charge < -0.3 is 9.84 Å². The summed E-state index contributed by atoms with van der Waals surface area (Å²) in [6, 6.07) is 5.21. The molecule has 0 fully saturated rings. The average molecular weight is 318 g/mol. The second-order valence-electron chi connectivity index (χ2n) is 5.41. The van der Waals surface area contributed by atoms with Crippen molar-refractivity contribution in [1.29, 1.82) is 0 Å². The SMILES string of the molecule is CCc1cccc(C(C)C(C)C(O)(C=O)C(F)(F)F)c1OC. The Kier molecular flexibility index (Phi) is 5.62. The molecule has 0 radical (unpaired) electrons. The van der Waals surface area contributed by atoms with E-state index in [0.717, 1.165) is 5.56 Å². The van der Waals surface area contributed by atoms with Crippen molar-refractivity contribution in [1.82, 2.24) is 0 Å². The van der Waals surface area contributed by atoms with Crippen molar-refractivity contribution in [2.75, 3.05) is 7.11 Å². The number of aliphatic hydroxyl groups is 1. The molecule has 0 spiro atoms. The van der Waals surface area contributed by atoms with Gasteiger partial charge >= 0.3 is 6.18 Å². The summed E-state index contributed by atoms with van der Waals surface area (Å²) in [6.07, 6.45) is -4.79. The molecule has 0 bridgehead atoms. The quantitative estimate of drug-likeness (QED) is 0.817. The molecule has 3 atom stereocenters. The number of hydrogen-bond donors (Lipinski definition) is 1. The first kappa shape index (κ1) is 18.5. The third kappa shape index (κ3) is 3.11. The fraction of sp³-hybridized carbons (Fsp3) is 0.562. The number of para-hydroxylation sites is 1. The molecule has 0 aliphatic heterocycles. The molecule has 0 aliphatic carbocycles. The molecule has 0 amide bonds. The van der Waals surface area contributed by atoms with E-state index < -0.39 is 29.9 Å². The molecule has 1 aromatic carbocycles. The average Bonchev–Trinajstić information content (AvgIpc) is 2.50. The van der Waals surface area contributed by atoms with Crippen LogP contribution < -0.4 is 4.74 Å². The van der Waals surface area contributed by atoms with E-state index >= 15 is 0 Å². The van der Waals surface area contributed by atoms with Gasteiger partial charge in [0.05, 0.1) is 7.11 Å². The summed E-state index contributed by atoms with van der Waals surface area (Å²) < 4.78 is 44.5. The first-order chi connectivity index (χ1) is 10.1. The lowest BCUT2D eigenvalue weighted by molar-refractivity contribution is -0.261. The van der Waals surface area contributed by atoms with Crippen LogP contribution in [0.2, 0.25) is 0 Å². The Balaban J connectivity index is 3.31. The highest BCUT2D eigenvalue weighted by Crippen LogP contribution is 2.43. The molecule has 0 saturated heterocycles. The number of ether oxygens (including phenoxy) is 1. The van der Waals surface area contributed by atoms with Gasteiger partial charge in [0.25, 0.3) is 0 Å². The van der Waals surface area contributed by atoms with E-state index in [1.807, 2.05) is 13.0 Å². The summed E-state index contributed by atoms with van der Waals surface area (Å²) in [5.41, 5.74) is -1.99. The predicted octanol–water partition coefficient (Wildman–Crippen LogP) is 3.49. The highest BCUT2D eigenvalue weighted by atomic mass is 19.4. The lowest BCUT2D eigenvalue weighted by Gasteiger charge is -2.35. The second kappa shape index (κ2) is 6.69. The largest absolute Gasteiger partial charge is 0.496 e. The molecule has 1 N–H and O–H groups in total. The predicted molar refractivity (Wildman–Crippen MR) is 77.0 cm³/mol. The summed E-state index contributed by atoms with van der Waals surface area (Å²) in [6.45, 7) is 4.67. The number of rotatable bonds is 6. The molecule has 124 valence electrons. The lowest BCUT2D eigenvalue weighted by atomic mass is 9.76. The van der Waals surface area contributed by atoms with E-state index in [9.17, 15) is 23.1 Å². The Morgan fingerprint density at radius 1 is 1.32 bits per heavy atom. The van der Waals surface area contributed by atoms with E-state index in [-0.39, 0.29) is 0 Å². The van der Waals surface area contributed by atoms with Crippen molar-refractivity contribution in [3.05, 3.63) is 29.3 Å². The van der Waals surface area contributed by atoms with Gasteiger partial charge in [0.1, 0.15) is 5.75 Å². The van der Waals surface area contributed by atoms with E-state index in [0.29, 0.717) is 17.7 Å². The van der Waals surface area contributed by atoms with Crippen LogP contribution in [0, 0.1) is 5.92 Å². The summed E-state index contributed by atoms with van der Waals surface area (Å²) in [7, 11) is 1.45. The maximum absolute atomic E-state index is 13.0. The maximum Gasteiger partial charge on any atom is 0.424 e. The monoisotopic (exact) mass is 318 g/mol. The first-order valence-electron chi connectivity index (χ1n) is 7.05. The fourth-order valence-corrected chi connectivity index (χ4v) is 2.57. The maximum atomic E-state index is 13.0. The molecule has 3 nitrogen and oxygen atoms in total. The minimum atomic E-state index is -5.03. The smallest absolute Gasteiger partial charge is 0.424 e. The Morgan fingerprint density at radius 2 is 1.91 bits per heavy atom. The van der Waals surface area contributed by atoms with Gasteiger partial charge in [-0.25, -0.2) is 0 Å². The molecule has 0 saturated carbocycles. The van der Waals surface area contributed by atoms with Crippen molar-refractivity contribution in [2.45, 2.75) is 44.9 Å². The van der Waals surface area contributed by atoms with Gasteiger partial charge in [0.15, 0.2) is 6.29 Å². The molecular weight excluding hydrogens is 297 g/mol. The van der Waals surface area contributed by atoms with Crippen LogP contribution >= 0.6 is 0 Å². The van der Waals surface area contributed by atoms with Crippen LogP contribution in [0.3, 0.4) is 0 Å². The van der Waals surface area contributed by atoms with Crippen LogP contribution in [0.15, 0.2) is 18.2 Å². The molecule has 22 heavy (non-hydrogen) atoms. The zero-order valence-electron chi connectivity index (χ0n) is 13.1. The zero-order valence-corrected chi connectivity index (χ0v) is 13.1. The lowest BCUT2D eigenvalue weighted by Crippen LogP contribution is -2.53. The normalized spacial score (nSPS) is 17.5. The zero-order chi connectivity index (χ0) is 17.1. The van der Waals surface area contributed by atoms with E-state index in [2.05, 4.69) is 0 Å². The summed E-state index contributed by atoms with van der Waals surface area (Å²) in [4.78, 5) is 10.9. The molecule has 6 heteroatoms. The van der Waals surface area contributed by atoms with Crippen LogP contribution in [-0.4, -0.2) is 30.3 Å². The van der Waals surface area contributed by atoms with Gasteiger partial charge in [0, 0.05) is 5.92 Å². The number of alkyl halides is 3. The number of aryl methyl sites for hydroxylation is 1. The highest BCUT2D eigenvalue weighted by Gasteiger charge is 2.58. The molecule has 0 aliphatic rings.